The second kappa shape index (κ2) is 8.97. The molecule has 5 heterocycles. The molecule has 6 rings (SSSR count). The summed E-state index contributed by atoms with van der Waals surface area (Å²) in [5, 5.41) is 17.1. The van der Waals surface area contributed by atoms with E-state index >= 15 is 0 Å². The molecule has 190 valence electrons. The summed E-state index contributed by atoms with van der Waals surface area (Å²) in [7, 11) is -3.44. The van der Waals surface area contributed by atoms with Gasteiger partial charge in [-0.15, -0.1) is 0 Å². The zero-order valence-corrected chi connectivity index (χ0v) is 20.6. The van der Waals surface area contributed by atoms with Crippen molar-refractivity contribution in [2.75, 3.05) is 6.26 Å². The highest BCUT2D eigenvalue weighted by Gasteiger charge is 2.18. The first-order valence-corrected chi connectivity index (χ1v) is 13.2. The molecule has 11 nitrogen and oxygen atoms in total. The Morgan fingerprint density at radius 1 is 1.03 bits per heavy atom. The van der Waals surface area contributed by atoms with Gasteiger partial charge in [0.1, 0.15) is 22.6 Å². The van der Waals surface area contributed by atoms with Crippen molar-refractivity contribution in [1.29, 1.82) is 0 Å². The monoisotopic (exact) mass is 530 g/mol. The van der Waals surface area contributed by atoms with Crippen LogP contribution in [0.25, 0.3) is 56.1 Å². The van der Waals surface area contributed by atoms with E-state index in [0.29, 0.717) is 61.7 Å². The van der Waals surface area contributed by atoms with Gasteiger partial charge >= 0.3 is 0 Å². The van der Waals surface area contributed by atoms with Crippen LogP contribution in [0, 0.1) is 5.82 Å². The lowest BCUT2D eigenvalue weighted by Gasteiger charge is -2.07. The minimum absolute atomic E-state index is 0.0281. The van der Waals surface area contributed by atoms with Gasteiger partial charge in [-0.05, 0) is 53.6 Å². The van der Waals surface area contributed by atoms with Crippen LogP contribution in [-0.2, 0) is 16.6 Å². The second-order valence-electron chi connectivity index (χ2n) is 8.68. The molecule has 0 aliphatic rings. The number of nitrogens with one attached hydrogen (secondary N) is 3. The molecule has 0 saturated carbocycles. The molecule has 0 unspecified atom stereocenters. The van der Waals surface area contributed by atoms with Gasteiger partial charge in [0.2, 0.25) is 10.0 Å². The molecule has 13 heteroatoms. The van der Waals surface area contributed by atoms with Crippen LogP contribution in [0.1, 0.15) is 5.56 Å². The molecular formula is C25H19FN8O3S. The number of pyridine rings is 3. The Morgan fingerprint density at radius 3 is 2.71 bits per heavy atom. The largest absolute Gasteiger partial charge is 0.506 e. The van der Waals surface area contributed by atoms with Gasteiger partial charge in [-0.3, -0.25) is 10.1 Å². The van der Waals surface area contributed by atoms with Crippen molar-refractivity contribution in [2.45, 2.75) is 6.54 Å². The van der Waals surface area contributed by atoms with Gasteiger partial charge in [0.05, 0.1) is 23.7 Å². The Hall–Kier alpha value is -4.75. The molecule has 5 aromatic heterocycles. The summed E-state index contributed by atoms with van der Waals surface area (Å²) in [4.78, 5) is 21.0. The average Bonchev–Trinajstić information content (AvgIpc) is 3.50. The number of hydrogen-bond acceptors (Lipinski definition) is 8. The Bertz CT molecular complexity index is 1950. The average molecular weight is 531 g/mol. The molecule has 1 aromatic carbocycles. The van der Waals surface area contributed by atoms with Crippen molar-refractivity contribution in [2.24, 2.45) is 0 Å². The Morgan fingerprint density at radius 2 is 1.89 bits per heavy atom. The van der Waals surface area contributed by atoms with Crippen LogP contribution in [-0.4, -0.2) is 54.9 Å². The van der Waals surface area contributed by atoms with Gasteiger partial charge in [0, 0.05) is 30.1 Å². The molecule has 0 spiro atoms. The lowest BCUT2D eigenvalue weighted by molar-refractivity contribution is 0.473. The number of fused-ring (bicyclic) bond motifs is 2. The number of hydrogen-bond donors (Lipinski definition) is 4. The summed E-state index contributed by atoms with van der Waals surface area (Å²) in [6.45, 7) is -0.0500. The quantitative estimate of drug-likeness (QED) is 0.254. The fourth-order valence-corrected chi connectivity index (χ4v) is 4.60. The normalized spacial score (nSPS) is 11.9. The topological polar surface area (TPSA) is 162 Å². The van der Waals surface area contributed by atoms with E-state index in [0.717, 1.165) is 6.26 Å². The van der Waals surface area contributed by atoms with Crippen molar-refractivity contribution in [1.82, 2.24) is 39.8 Å². The van der Waals surface area contributed by atoms with E-state index in [-0.39, 0.29) is 12.3 Å². The van der Waals surface area contributed by atoms with Crippen molar-refractivity contribution in [3.63, 3.8) is 0 Å². The third-order valence-corrected chi connectivity index (χ3v) is 6.51. The number of benzene rings is 1. The summed E-state index contributed by atoms with van der Waals surface area (Å²) in [6, 6.07) is 11.2. The highest BCUT2D eigenvalue weighted by Crippen LogP contribution is 2.32. The number of aromatic nitrogens is 7. The minimum Gasteiger partial charge on any atom is -0.506 e. The van der Waals surface area contributed by atoms with Crippen LogP contribution in [0.15, 0.2) is 61.1 Å². The smallest absolute Gasteiger partial charge is 0.209 e. The SMILES string of the molecule is CS(=O)(=O)NCc1cc(F)cc(-c2ccnc3[nH]c(-c4n[nH]c5ccc(-c6cncc(O)c6)nc45)nc23)c1. The molecule has 0 saturated heterocycles. The molecule has 0 aliphatic heterocycles. The Labute approximate surface area is 214 Å². The van der Waals surface area contributed by atoms with E-state index in [1.807, 2.05) is 6.07 Å². The van der Waals surface area contributed by atoms with E-state index in [2.05, 4.69) is 29.9 Å². The maximum absolute atomic E-state index is 14.5. The van der Waals surface area contributed by atoms with Crippen LogP contribution >= 0.6 is 0 Å². The standard InChI is InChI=1S/C25H19FN8O3S/c1-38(36,37)29-10-13-6-14(8-16(26)7-13)18-4-5-28-24-21(18)31-25(32-24)23-22-20(33-34-23)3-2-19(30-22)15-9-17(35)12-27-11-15/h2-9,11-12,29,35H,10H2,1H3,(H,33,34)(H,28,31,32). The van der Waals surface area contributed by atoms with Crippen molar-refractivity contribution >= 4 is 32.2 Å². The predicted molar refractivity (Wildman–Crippen MR) is 139 cm³/mol. The zero-order chi connectivity index (χ0) is 26.4. The first-order chi connectivity index (χ1) is 18.2. The maximum Gasteiger partial charge on any atom is 0.209 e. The van der Waals surface area contributed by atoms with Crippen LogP contribution in [0.4, 0.5) is 4.39 Å². The molecule has 0 amide bonds. The van der Waals surface area contributed by atoms with Gasteiger partial charge in [0.15, 0.2) is 17.2 Å². The molecular weight excluding hydrogens is 511 g/mol. The lowest BCUT2D eigenvalue weighted by atomic mass is 10.0. The minimum atomic E-state index is -3.44. The molecule has 0 atom stereocenters. The number of aromatic hydroxyl groups is 1. The number of aromatic amines is 2. The van der Waals surface area contributed by atoms with E-state index in [1.165, 1.54) is 18.3 Å². The fraction of sp³-hybridized carbons (Fsp3) is 0.0800. The zero-order valence-electron chi connectivity index (χ0n) is 19.8. The van der Waals surface area contributed by atoms with Gasteiger partial charge in [0.25, 0.3) is 0 Å². The van der Waals surface area contributed by atoms with Crippen molar-refractivity contribution < 1.29 is 17.9 Å². The number of halogens is 1. The molecule has 0 radical (unpaired) electrons. The fourth-order valence-electron chi connectivity index (χ4n) is 4.17. The van der Waals surface area contributed by atoms with Gasteiger partial charge in [-0.25, -0.2) is 32.5 Å². The predicted octanol–water partition coefficient (Wildman–Crippen LogP) is 3.52. The second-order valence-corrected chi connectivity index (χ2v) is 10.5. The number of imidazole rings is 1. The van der Waals surface area contributed by atoms with Crippen LogP contribution < -0.4 is 4.72 Å². The van der Waals surface area contributed by atoms with Crippen molar-refractivity contribution in [3.8, 4) is 39.7 Å². The highest BCUT2D eigenvalue weighted by atomic mass is 32.2. The summed E-state index contributed by atoms with van der Waals surface area (Å²) in [6.07, 6.45) is 5.56. The van der Waals surface area contributed by atoms with Crippen molar-refractivity contribution in [3.05, 3.63) is 72.4 Å². The molecule has 0 fully saturated rings. The van der Waals surface area contributed by atoms with Crippen LogP contribution in [0.2, 0.25) is 0 Å². The Kier molecular flexibility index (Phi) is 5.58. The van der Waals surface area contributed by atoms with E-state index < -0.39 is 15.8 Å². The summed E-state index contributed by atoms with van der Waals surface area (Å²) >= 11 is 0. The van der Waals surface area contributed by atoms with Crippen LogP contribution in [0.3, 0.4) is 0 Å². The molecule has 0 bridgehead atoms. The first-order valence-electron chi connectivity index (χ1n) is 11.3. The van der Waals surface area contributed by atoms with Gasteiger partial charge in [-0.1, -0.05) is 0 Å². The summed E-state index contributed by atoms with van der Waals surface area (Å²) < 4.78 is 39.8. The first kappa shape index (κ1) is 23.6. The molecule has 6 aromatic rings. The Balaban J connectivity index is 1.43. The maximum atomic E-state index is 14.5. The number of H-pyrrole nitrogens is 2. The lowest BCUT2D eigenvalue weighted by Crippen LogP contribution is -2.21. The van der Waals surface area contributed by atoms with Gasteiger partial charge < -0.3 is 10.1 Å². The van der Waals surface area contributed by atoms with E-state index in [4.69, 9.17) is 9.97 Å². The number of nitrogens with zero attached hydrogens (tertiary/aromatic N) is 5. The van der Waals surface area contributed by atoms with E-state index in [9.17, 15) is 17.9 Å². The highest BCUT2D eigenvalue weighted by molar-refractivity contribution is 7.88. The summed E-state index contributed by atoms with van der Waals surface area (Å²) in [5.41, 5.74) is 5.44. The van der Waals surface area contributed by atoms with Gasteiger partial charge in [-0.2, -0.15) is 5.10 Å². The third-order valence-electron chi connectivity index (χ3n) is 5.84. The number of rotatable bonds is 6. The molecule has 4 N–H and O–H groups in total. The molecule has 38 heavy (non-hydrogen) atoms. The van der Waals surface area contributed by atoms with E-state index in [1.54, 1.807) is 36.7 Å². The number of sulfonamides is 1. The summed E-state index contributed by atoms with van der Waals surface area (Å²) in [5.74, 6) is -0.0782. The molecule has 0 aliphatic carbocycles. The third kappa shape index (κ3) is 4.55. The van der Waals surface area contributed by atoms with Crippen LogP contribution in [0.5, 0.6) is 5.75 Å².